The van der Waals surface area contributed by atoms with Crippen molar-refractivity contribution >= 4 is 15.9 Å². The fourth-order valence-electron chi connectivity index (χ4n) is 2.24. The number of halogens is 1. The van der Waals surface area contributed by atoms with Gasteiger partial charge in [-0.1, -0.05) is 22.9 Å². The lowest BCUT2D eigenvalue weighted by Crippen LogP contribution is -2.36. The summed E-state index contributed by atoms with van der Waals surface area (Å²) >= 11 is 3.42. The first-order valence-electron chi connectivity index (χ1n) is 6.35. The van der Waals surface area contributed by atoms with Crippen LogP contribution in [0.2, 0.25) is 0 Å². The van der Waals surface area contributed by atoms with E-state index in [1.54, 1.807) is 6.07 Å². The van der Waals surface area contributed by atoms with Gasteiger partial charge in [0.15, 0.2) is 0 Å². The highest BCUT2D eigenvalue weighted by atomic mass is 79.9. The Labute approximate surface area is 117 Å². The van der Waals surface area contributed by atoms with Crippen LogP contribution in [0, 0.1) is 5.41 Å². The number of hydrogen-bond donors (Lipinski definition) is 2. The van der Waals surface area contributed by atoms with Crippen molar-refractivity contribution in [2.24, 2.45) is 5.41 Å². The fourth-order valence-corrected chi connectivity index (χ4v) is 2.64. The zero-order valence-corrected chi connectivity index (χ0v) is 12.3. The number of hydrogen-bond acceptors (Lipinski definition) is 3. The van der Waals surface area contributed by atoms with E-state index in [0.29, 0.717) is 17.7 Å². The summed E-state index contributed by atoms with van der Waals surface area (Å²) in [5.41, 5.74) is 1.25. The summed E-state index contributed by atoms with van der Waals surface area (Å²) in [6, 6.07) is 5.52. The first kappa shape index (κ1) is 13.8. The number of benzene rings is 1. The lowest BCUT2D eigenvalue weighted by molar-refractivity contribution is 0.0240. The summed E-state index contributed by atoms with van der Waals surface area (Å²) < 4.78 is 6.39. The highest BCUT2D eigenvalue weighted by Gasteiger charge is 2.26. The van der Waals surface area contributed by atoms with Crippen molar-refractivity contribution in [2.45, 2.75) is 26.3 Å². The molecule has 0 radical (unpaired) electrons. The van der Waals surface area contributed by atoms with Gasteiger partial charge in [0, 0.05) is 36.3 Å². The highest BCUT2D eigenvalue weighted by Crippen LogP contribution is 2.29. The van der Waals surface area contributed by atoms with Crippen molar-refractivity contribution in [3.63, 3.8) is 0 Å². The standard InChI is InChI=1S/C14H20BrNO2/c1-14(4-6-18-7-5-14)10-16-9-11-8-12(15)2-3-13(11)17/h2-3,8,16-17H,4-7,9-10H2,1H3. The second-order valence-electron chi connectivity index (χ2n) is 5.30. The second kappa shape index (κ2) is 6.04. The maximum atomic E-state index is 9.76. The van der Waals surface area contributed by atoms with Crippen LogP contribution in [0.25, 0.3) is 0 Å². The number of rotatable bonds is 4. The average Bonchev–Trinajstić information content (AvgIpc) is 2.34. The minimum absolute atomic E-state index is 0.319. The number of phenols is 1. The van der Waals surface area contributed by atoms with Gasteiger partial charge >= 0.3 is 0 Å². The molecule has 1 aliphatic rings. The number of phenolic OH excluding ortho intramolecular Hbond substituents is 1. The molecule has 0 saturated carbocycles. The molecule has 0 amide bonds. The third-order valence-corrected chi connectivity index (χ3v) is 4.10. The van der Waals surface area contributed by atoms with E-state index in [1.807, 2.05) is 12.1 Å². The summed E-state index contributed by atoms with van der Waals surface area (Å²) in [5.74, 6) is 0.350. The molecule has 0 atom stereocenters. The van der Waals surface area contributed by atoms with Gasteiger partial charge in [0.25, 0.3) is 0 Å². The molecule has 1 fully saturated rings. The van der Waals surface area contributed by atoms with Crippen LogP contribution in [-0.4, -0.2) is 24.9 Å². The van der Waals surface area contributed by atoms with E-state index in [-0.39, 0.29) is 0 Å². The van der Waals surface area contributed by atoms with Crippen molar-refractivity contribution in [3.05, 3.63) is 28.2 Å². The largest absolute Gasteiger partial charge is 0.508 e. The Morgan fingerprint density at radius 2 is 2.11 bits per heavy atom. The quantitative estimate of drug-likeness (QED) is 0.897. The van der Waals surface area contributed by atoms with Crippen LogP contribution in [0.3, 0.4) is 0 Å². The number of ether oxygens (including phenoxy) is 1. The van der Waals surface area contributed by atoms with Gasteiger partial charge in [0.1, 0.15) is 5.75 Å². The predicted molar refractivity (Wildman–Crippen MR) is 75.7 cm³/mol. The zero-order chi connectivity index (χ0) is 13.0. The summed E-state index contributed by atoms with van der Waals surface area (Å²) in [7, 11) is 0. The molecule has 2 N–H and O–H groups in total. The second-order valence-corrected chi connectivity index (χ2v) is 6.22. The third kappa shape index (κ3) is 3.70. The van der Waals surface area contributed by atoms with Crippen LogP contribution >= 0.6 is 15.9 Å². The van der Waals surface area contributed by atoms with Gasteiger partial charge in [0.05, 0.1) is 0 Å². The van der Waals surface area contributed by atoms with Crippen molar-refractivity contribution < 1.29 is 9.84 Å². The van der Waals surface area contributed by atoms with Gasteiger partial charge in [0.2, 0.25) is 0 Å². The SMILES string of the molecule is CC1(CNCc2cc(Br)ccc2O)CCOCC1. The Bertz CT molecular complexity index is 403. The van der Waals surface area contributed by atoms with E-state index in [0.717, 1.165) is 42.6 Å². The molecule has 1 aromatic rings. The van der Waals surface area contributed by atoms with E-state index >= 15 is 0 Å². The molecule has 2 rings (SSSR count). The van der Waals surface area contributed by atoms with Crippen LogP contribution in [-0.2, 0) is 11.3 Å². The summed E-state index contributed by atoms with van der Waals surface area (Å²) in [6.07, 6.45) is 2.20. The van der Waals surface area contributed by atoms with Gasteiger partial charge in [-0.2, -0.15) is 0 Å². The molecule has 0 aliphatic carbocycles. The summed E-state index contributed by atoms with van der Waals surface area (Å²) in [6.45, 7) is 5.67. The van der Waals surface area contributed by atoms with Crippen molar-refractivity contribution in [3.8, 4) is 5.75 Å². The lowest BCUT2D eigenvalue weighted by Gasteiger charge is -2.33. The van der Waals surface area contributed by atoms with Gasteiger partial charge in [-0.05, 0) is 36.5 Å². The van der Waals surface area contributed by atoms with E-state index < -0.39 is 0 Å². The molecule has 1 aromatic carbocycles. The predicted octanol–water partition coefficient (Wildman–Crippen LogP) is 3.06. The van der Waals surface area contributed by atoms with Gasteiger partial charge < -0.3 is 15.2 Å². The molecular weight excluding hydrogens is 294 g/mol. The van der Waals surface area contributed by atoms with Gasteiger partial charge in [-0.15, -0.1) is 0 Å². The first-order valence-corrected chi connectivity index (χ1v) is 7.14. The maximum absolute atomic E-state index is 9.76. The molecule has 0 aromatic heterocycles. The smallest absolute Gasteiger partial charge is 0.120 e. The van der Waals surface area contributed by atoms with Gasteiger partial charge in [-0.25, -0.2) is 0 Å². The Hall–Kier alpha value is -0.580. The Morgan fingerprint density at radius 1 is 1.39 bits per heavy atom. The van der Waals surface area contributed by atoms with Crippen LogP contribution in [0.5, 0.6) is 5.75 Å². The zero-order valence-electron chi connectivity index (χ0n) is 10.7. The van der Waals surface area contributed by atoms with E-state index in [1.165, 1.54) is 0 Å². The maximum Gasteiger partial charge on any atom is 0.120 e. The molecule has 4 heteroatoms. The average molecular weight is 314 g/mol. The molecule has 0 unspecified atom stereocenters. The molecule has 1 saturated heterocycles. The lowest BCUT2D eigenvalue weighted by atomic mass is 9.82. The number of nitrogens with one attached hydrogen (secondary N) is 1. The Balaban J connectivity index is 1.86. The third-order valence-electron chi connectivity index (χ3n) is 3.61. The van der Waals surface area contributed by atoms with Crippen molar-refractivity contribution in [1.29, 1.82) is 0 Å². The van der Waals surface area contributed by atoms with Crippen LogP contribution in [0.4, 0.5) is 0 Å². The van der Waals surface area contributed by atoms with E-state index in [4.69, 9.17) is 4.74 Å². The first-order chi connectivity index (χ1) is 8.59. The molecule has 3 nitrogen and oxygen atoms in total. The highest BCUT2D eigenvalue weighted by molar-refractivity contribution is 9.10. The normalized spacial score (nSPS) is 18.8. The molecule has 1 aliphatic heterocycles. The monoisotopic (exact) mass is 313 g/mol. The Morgan fingerprint density at radius 3 is 2.83 bits per heavy atom. The van der Waals surface area contributed by atoms with E-state index in [2.05, 4.69) is 28.2 Å². The van der Waals surface area contributed by atoms with E-state index in [9.17, 15) is 5.11 Å². The molecule has 0 spiro atoms. The van der Waals surface area contributed by atoms with Crippen molar-refractivity contribution in [1.82, 2.24) is 5.32 Å². The molecular formula is C14H20BrNO2. The topological polar surface area (TPSA) is 41.5 Å². The molecule has 100 valence electrons. The van der Waals surface area contributed by atoms with Crippen LogP contribution in [0.1, 0.15) is 25.3 Å². The molecule has 18 heavy (non-hydrogen) atoms. The Kier molecular flexibility index (Phi) is 4.65. The van der Waals surface area contributed by atoms with Crippen molar-refractivity contribution in [2.75, 3.05) is 19.8 Å². The van der Waals surface area contributed by atoms with Gasteiger partial charge in [-0.3, -0.25) is 0 Å². The van der Waals surface area contributed by atoms with Crippen LogP contribution in [0.15, 0.2) is 22.7 Å². The minimum Gasteiger partial charge on any atom is -0.508 e. The fraction of sp³-hybridized carbons (Fsp3) is 0.571. The molecule has 1 heterocycles. The minimum atomic E-state index is 0.319. The molecule has 0 bridgehead atoms. The number of aromatic hydroxyl groups is 1. The van der Waals surface area contributed by atoms with Crippen LogP contribution < -0.4 is 5.32 Å². The summed E-state index contributed by atoms with van der Waals surface area (Å²) in [4.78, 5) is 0. The summed E-state index contributed by atoms with van der Waals surface area (Å²) in [5, 5.41) is 13.2.